The minimum absolute atomic E-state index is 0.0521. The molecule has 2 aromatic rings. The third kappa shape index (κ3) is 4.08. The Morgan fingerprint density at radius 1 is 0.906 bits per heavy atom. The first kappa shape index (κ1) is 21.9. The van der Waals surface area contributed by atoms with Crippen molar-refractivity contribution < 1.29 is 23.8 Å². The molecule has 1 saturated heterocycles. The van der Waals surface area contributed by atoms with E-state index in [2.05, 4.69) is 0 Å². The lowest BCUT2D eigenvalue weighted by Crippen LogP contribution is -2.46. The second kappa shape index (κ2) is 9.04. The summed E-state index contributed by atoms with van der Waals surface area (Å²) < 4.78 is 16.6. The molecular weight excluding hydrogens is 408 g/mol. The van der Waals surface area contributed by atoms with Gasteiger partial charge in [-0.25, -0.2) is 0 Å². The van der Waals surface area contributed by atoms with Gasteiger partial charge in [-0.3, -0.25) is 14.5 Å². The van der Waals surface area contributed by atoms with Crippen molar-refractivity contribution in [3.05, 3.63) is 65.4 Å². The zero-order valence-electron chi connectivity index (χ0n) is 18.8. The van der Waals surface area contributed by atoms with E-state index in [0.29, 0.717) is 35.7 Å². The fraction of sp³-hybridized carbons (Fsp3) is 0.360. The summed E-state index contributed by atoms with van der Waals surface area (Å²) in [6, 6.07) is 14.7. The van der Waals surface area contributed by atoms with Gasteiger partial charge in [0, 0.05) is 18.7 Å². The number of hydrogen-bond acceptors (Lipinski definition) is 6. The van der Waals surface area contributed by atoms with E-state index >= 15 is 0 Å². The maximum Gasteiger partial charge on any atom is 0.278 e. The van der Waals surface area contributed by atoms with Crippen LogP contribution in [0.3, 0.4) is 0 Å². The van der Waals surface area contributed by atoms with Gasteiger partial charge in [0.25, 0.3) is 11.8 Å². The molecule has 0 spiro atoms. The first-order chi connectivity index (χ1) is 15.4. The summed E-state index contributed by atoms with van der Waals surface area (Å²) in [5.41, 5.74) is 2.25. The number of hydrogen-bond donors (Lipinski definition) is 0. The molecule has 2 aliphatic rings. The first-order valence-electron chi connectivity index (χ1n) is 10.7. The van der Waals surface area contributed by atoms with E-state index in [1.807, 2.05) is 61.2 Å². The molecule has 2 heterocycles. The summed E-state index contributed by atoms with van der Waals surface area (Å²) in [4.78, 5) is 30.6. The fourth-order valence-electron chi connectivity index (χ4n) is 4.37. The number of amides is 2. The zero-order valence-corrected chi connectivity index (χ0v) is 18.8. The summed E-state index contributed by atoms with van der Waals surface area (Å²) in [5.74, 6) is 0.657. The Kier molecular flexibility index (Phi) is 6.19. The van der Waals surface area contributed by atoms with Crippen molar-refractivity contribution in [2.45, 2.75) is 32.6 Å². The number of rotatable bonds is 6. The first-order valence-corrected chi connectivity index (χ1v) is 10.7. The molecule has 2 atom stereocenters. The number of ether oxygens (including phenoxy) is 3. The highest BCUT2D eigenvalue weighted by atomic mass is 16.5. The van der Waals surface area contributed by atoms with E-state index in [1.54, 1.807) is 20.3 Å². The maximum atomic E-state index is 13.6. The van der Waals surface area contributed by atoms with Crippen LogP contribution in [0.1, 0.15) is 25.0 Å². The topological polar surface area (TPSA) is 68.3 Å². The van der Waals surface area contributed by atoms with E-state index in [0.717, 1.165) is 11.3 Å². The largest absolute Gasteiger partial charge is 0.497 e. The molecular formula is C25H28N2O5. The minimum atomic E-state index is -0.322. The van der Waals surface area contributed by atoms with Crippen LogP contribution in [0.5, 0.6) is 11.5 Å². The summed E-state index contributed by atoms with van der Waals surface area (Å²) in [7, 11) is 3.16. The fourth-order valence-corrected chi connectivity index (χ4v) is 4.37. The molecule has 0 radical (unpaired) electrons. The van der Waals surface area contributed by atoms with E-state index in [4.69, 9.17) is 14.2 Å². The molecule has 0 aromatic heterocycles. The van der Waals surface area contributed by atoms with Crippen LogP contribution >= 0.6 is 0 Å². The lowest BCUT2D eigenvalue weighted by atomic mass is 10.0. The van der Waals surface area contributed by atoms with Crippen molar-refractivity contribution in [2.24, 2.45) is 0 Å². The van der Waals surface area contributed by atoms with Crippen molar-refractivity contribution in [3.63, 3.8) is 0 Å². The van der Waals surface area contributed by atoms with Crippen molar-refractivity contribution >= 4 is 17.4 Å². The molecule has 7 nitrogen and oxygen atoms in total. The normalized spacial score (nSPS) is 21.4. The highest BCUT2D eigenvalue weighted by Gasteiger charge is 2.43. The Hall–Kier alpha value is -3.32. The number of para-hydroxylation sites is 1. The third-order valence-electron chi connectivity index (χ3n) is 5.76. The quantitative estimate of drug-likeness (QED) is 0.649. The SMILES string of the molecule is COc1ccc(CN2C(=O)C(c3ccccc3OC)=C(N3CC(C)OC(C)C3)C2=O)cc1. The maximum absolute atomic E-state index is 13.6. The number of benzene rings is 2. The molecule has 32 heavy (non-hydrogen) atoms. The van der Waals surface area contributed by atoms with E-state index in [1.165, 1.54) is 4.90 Å². The molecule has 4 rings (SSSR count). The lowest BCUT2D eigenvalue weighted by molar-refractivity contribution is -0.139. The Labute approximate surface area is 188 Å². The molecule has 0 aliphatic carbocycles. The number of carbonyl (C=O) groups is 2. The Balaban J connectivity index is 1.76. The van der Waals surface area contributed by atoms with E-state index < -0.39 is 0 Å². The van der Waals surface area contributed by atoms with Crippen LogP contribution in [-0.4, -0.2) is 61.1 Å². The van der Waals surface area contributed by atoms with Crippen LogP contribution in [0.25, 0.3) is 5.57 Å². The van der Waals surface area contributed by atoms with Crippen LogP contribution in [-0.2, 0) is 20.9 Å². The summed E-state index contributed by atoms with van der Waals surface area (Å²) in [5, 5.41) is 0. The molecule has 168 valence electrons. The number of carbonyl (C=O) groups excluding carboxylic acids is 2. The molecule has 0 saturated carbocycles. The average molecular weight is 437 g/mol. The number of nitrogens with zero attached hydrogens (tertiary/aromatic N) is 2. The molecule has 0 bridgehead atoms. The van der Waals surface area contributed by atoms with E-state index in [9.17, 15) is 9.59 Å². The summed E-state index contributed by atoms with van der Waals surface area (Å²) >= 11 is 0. The van der Waals surface area contributed by atoms with Gasteiger partial charge < -0.3 is 19.1 Å². The van der Waals surface area contributed by atoms with Gasteiger partial charge in [-0.2, -0.15) is 0 Å². The zero-order chi connectivity index (χ0) is 22.8. The smallest absolute Gasteiger partial charge is 0.278 e. The number of morpholine rings is 1. The highest BCUT2D eigenvalue weighted by molar-refractivity contribution is 6.35. The molecule has 2 unspecified atom stereocenters. The van der Waals surface area contributed by atoms with Crippen molar-refractivity contribution in [2.75, 3.05) is 27.3 Å². The van der Waals surface area contributed by atoms with Crippen molar-refractivity contribution in [1.29, 1.82) is 0 Å². The lowest BCUT2D eigenvalue weighted by Gasteiger charge is -2.37. The van der Waals surface area contributed by atoms with Gasteiger partial charge in [0.15, 0.2) is 0 Å². The Morgan fingerprint density at radius 2 is 1.56 bits per heavy atom. The summed E-state index contributed by atoms with van der Waals surface area (Å²) in [6.07, 6.45) is -0.104. The predicted octanol–water partition coefficient (Wildman–Crippen LogP) is 3.09. The van der Waals surface area contributed by atoms with Crippen LogP contribution in [0.15, 0.2) is 54.2 Å². The van der Waals surface area contributed by atoms with Crippen LogP contribution < -0.4 is 9.47 Å². The van der Waals surface area contributed by atoms with Gasteiger partial charge >= 0.3 is 0 Å². The molecule has 2 amide bonds. The van der Waals surface area contributed by atoms with Gasteiger partial charge in [-0.1, -0.05) is 30.3 Å². The second-order valence-electron chi connectivity index (χ2n) is 8.13. The average Bonchev–Trinajstić information content (AvgIpc) is 3.03. The third-order valence-corrected chi connectivity index (χ3v) is 5.76. The number of imide groups is 1. The minimum Gasteiger partial charge on any atom is -0.497 e. The van der Waals surface area contributed by atoms with Gasteiger partial charge in [0.2, 0.25) is 0 Å². The van der Waals surface area contributed by atoms with Gasteiger partial charge in [0.05, 0.1) is 38.5 Å². The Morgan fingerprint density at radius 3 is 2.19 bits per heavy atom. The van der Waals surface area contributed by atoms with Crippen LogP contribution in [0.2, 0.25) is 0 Å². The van der Waals surface area contributed by atoms with Crippen molar-refractivity contribution in [1.82, 2.24) is 9.80 Å². The van der Waals surface area contributed by atoms with Gasteiger partial charge in [-0.15, -0.1) is 0 Å². The molecule has 2 aliphatic heterocycles. The van der Waals surface area contributed by atoms with Crippen molar-refractivity contribution in [3.8, 4) is 11.5 Å². The summed E-state index contributed by atoms with van der Waals surface area (Å²) in [6.45, 7) is 5.20. The Bertz CT molecular complexity index is 1040. The second-order valence-corrected chi connectivity index (χ2v) is 8.13. The monoisotopic (exact) mass is 436 g/mol. The van der Waals surface area contributed by atoms with Gasteiger partial charge in [0.1, 0.15) is 17.2 Å². The van der Waals surface area contributed by atoms with Crippen LogP contribution in [0.4, 0.5) is 0 Å². The number of methoxy groups -OCH3 is 2. The predicted molar refractivity (Wildman–Crippen MR) is 120 cm³/mol. The van der Waals surface area contributed by atoms with Crippen LogP contribution in [0, 0.1) is 0 Å². The van der Waals surface area contributed by atoms with Gasteiger partial charge in [-0.05, 0) is 37.6 Å². The highest BCUT2D eigenvalue weighted by Crippen LogP contribution is 2.37. The molecule has 2 aromatic carbocycles. The molecule has 1 fully saturated rings. The standard InChI is InChI=1S/C25H28N2O5/c1-16-13-26(14-17(2)32-16)23-22(20-7-5-6-8-21(20)31-4)24(28)27(25(23)29)15-18-9-11-19(30-3)12-10-18/h5-12,16-17H,13-15H2,1-4H3. The molecule has 0 N–H and O–H groups in total. The van der Waals surface area contributed by atoms with E-state index in [-0.39, 0.29) is 30.6 Å². The molecule has 7 heteroatoms.